The van der Waals surface area contributed by atoms with Crippen LogP contribution in [0, 0.1) is 5.41 Å². The predicted octanol–water partition coefficient (Wildman–Crippen LogP) is -0.427. The lowest BCUT2D eigenvalue weighted by atomic mass is 9.89. The van der Waals surface area contributed by atoms with Crippen LogP contribution >= 0.6 is 34.9 Å². The zero-order valence-corrected chi connectivity index (χ0v) is 23.3. The van der Waals surface area contributed by atoms with Crippen molar-refractivity contribution in [2.75, 3.05) is 48.5 Å². The number of nitrogens with two attached hydrogens (primary N) is 2. The average molecular weight is 583 g/mol. The summed E-state index contributed by atoms with van der Waals surface area (Å²) in [5.74, 6) is -0.564. The smallest absolute Gasteiger partial charge is 0.313 e. The van der Waals surface area contributed by atoms with Crippen molar-refractivity contribution in [2.45, 2.75) is 23.5 Å². The fourth-order valence-electron chi connectivity index (χ4n) is 3.97. The van der Waals surface area contributed by atoms with Gasteiger partial charge in [0.05, 0.1) is 13.1 Å². The first-order chi connectivity index (χ1) is 18.1. The zero-order chi connectivity index (χ0) is 27.6. The second-order valence-corrected chi connectivity index (χ2v) is 11.5. The van der Waals surface area contributed by atoms with Gasteiger partial charge < -0.3 is 36.9 Å². The molecular weight excluding hydrogens is 554 g/mol. The molecule has 17 heteroatoms. The largest absolute Gasteiger partial charge is 0.481 e. The van der Waals surface area contributed by atoms with Gasteiger partial charge in [0.25, 0.3) is 5.91 Å². The van der Waals surface area contributed by atoms with Crippen LogP contribution in [0.2, 0.25) is 0 Å². The number of carbonyl (C=O) groups excluding carboxylic acids is 2. The molecule has 7 N–H and O–H groups in total. The molecule has 0 bridgehead atoms. The number of oxime groups is 1. The number of nitrogens with zero attached hydrogens (tertiary/aromatic N) is 5. The highest BCUT2D eigenvalue weighted by atomic mass is 32.2. The number of hydrogen-bond donors (Lipinski definition) is 5. The number of carboxylic acid groups (broad SMARTS) is 1. The number of thioether (sulfide) groups is 2. The van der Waals surface area contributed by atoms with Crippen molar-refractivity contribution in [2.24, 2.45) is 17.6 Å². The number of aliphatic carboxylic acids is 1. The number of hydrogen-bond acceptors (Lipinski definition) is 13. The summed E-state index contributed by atoms with van der Waals surface area (Å²) < 4.78 is 1.78. The maximum atomic E-state index is 13.0. The Balaban J connectivity index is 1.45. The number of nitrogens with one attached hydrogen (secondary N) is 2. The van der Waals surface area contributed by atoms with E-state index < -0.39 is 28.7 Å². The Morgan fingerprint density at radius 1 is 1.42 bits per heavy atom. The molecule has 2 saturated heterocycles. The van der Waals surface area contributed by atoms with Gasteiger partial charge in [-0.3, -0.25) is 14.4 Å². The van der Waals surface area contributed by atoms with Crippen LogP contribution in [-0.2, 0) is 26.3 Å². The number of amides is 2. The summed E-state index contributed by atoms with van der Waals surface area (Å²) in [6.45, 7) is 1.96. The minimum atomic E-state index is -1.21. The molecule has 0 spiro atoms. The van der Waals surface area contributed by atoms with Crippen LogP contribution in [0.3, 0.4) is 0 Å². The van der Waals surface area contributed by atoms with Crippen molar-refractivity contribution in [1.29, 1.82) is 0 Å². The number of carbonyl (C=O) groups is 3. The Kier molecular flexibility index (Phi) is 8.17. The maximum Gasteiger partial charge on any atom is 0.313 e. The van der Waals surface area contributed by atoms with E-state index in [1.165, 1.54) is 28.4 Å². The van der Waals surface area contributed by atoms with Crippen molar-refractivity contribution in [3.8, 4) is 0 Å². The minimum absolute atomic E-state index is 0.00559. The van der Waals surface area contributed by atoms with E-state index in [2.05, 4.69) is 25.8 Å². The van der Waals surface area contributed by atoms with Crippen molar-refractivity contribution >= 4 is 75.1 Å². The normalized spacial score (nSPS) is 22.9. The zero-order valence-electron chi connectivity index (χ0n) is 20.8. The molecule has 14 nitrogen and oxygen atoms in total. The van der Waals surface area contributed by atoms with E-state index in [4.69, 9.17) is 16.3 Å². The highest BCUT2D eigenvalue weighted by Gasteiger charge is 2.57. The lowest BCUT2D eigenvalue weighted by Gasteiger charge is -2.53. The quantitative estimate of drug-likeness (QED) is 0.0605. The molecule has 4 heterocycles. The van der Waals surface area contributed by atoms with E-state index in [-0.39, 0.29) is 47.1 Å². The number of rotatable bonds is 10. The fourth-order valence-corrected chi connectivity index (χ4v) is 7.38. The van der Waals surface area contributed by atoms with Crippen LogP contribution in [0.15, 0.2) is 21.8 Å². The molecule has 38 heavy (non-hydrogen) atoms. The fraction of sp³-hybridized carbons (Fsp3) is 0.476. The maximum absolute atomic E-state index is 13.0. The summed E-state index contributed by atoms with van der Waals surface area (Å²) in [5.41, 5.74) is 10.5. The van der Waals surface area contributed by atoms with Crippen molar-refractivity contribution < 1.29 is 28.9 Å². The van der Waals surface area contributed by atoms with E-state index >= 15 is 0 Å². The van der Waals surface area contributed by atoms with Crippen molar-refractivity contribution in [3.63, 3.8) is 0 Å². The van der Waals surface area contributed by atoms with Gasteiger partial charge in [0.1, 0.15) is 29.1 Å². The Morgan fingerprint density at radius 2 is 2.18 bits per heavy atom. The Morgan fingerprint density at radius 3 is 2.82 bits per heavy atom. The second-order valence-electron chi connectivity index (χ2n) is 8.58. The summed E-state index contributed by atoms with van der Waals surface area (Å²) in [6, 6.07) is 0.848. The molecule has 2 aliphatic rings. The van der Waals surface area contributed by atoms with Gasteiger partial charge in [-0.25, -0.2) is 9.55 Å². The molecule has 2 amide bonds. The molecular formula is C21H28N9O5S3+. The van der Waals surface area contributed by atoms with Crippen LogP contribution in [0.25, 0.3) is 0 Å². The molecule has 2 unspecified atom stereocenters. The summed E-state index contributed by atoms with van der Waals surface area (Å²) in [6.07, 6.45) is 0. The third-order valence-electron chi connectivity index (χ3n) is 6.04. The number of fused-ring (bicyclic) bond motifs is 1. The minimum Gasteiger partial charge on any atom is -0.481 e. The summed E-state index contributed by atoms with van der Waals surface area (Å²) in [5, 5.41) is 21.7. The van der Waals surface area contributed by atoms with Gasteiger partial charge >= 0.3 is 11.1 Å². The van der Waals surface area contributed by atoms with Gasteiger partial charge in [-0.2, -0.15) is 0 Å². The number of aromatic nitrogens is 3. The lowest BCUT2D eigenvalue weighted by molar-refractivity contribution is -0.699. The van der Waals surface area contributed by atoms with Crippen LogP contribution < -0.4 is 26.7 Å². The van der Waals surface area contributed by atoms with Crippen molar-refractivity contribution in [1.82, 2.24) is 20.2 Å². The molecule has 3 atom stereocenters. The highest BCUT2D eigenvalue weighted by Crippen LogP contribution is 2.44. The molecule has 0 aliphatic carbocycles. The Hall–Kier alpha value is -3.31. The van der Waals surface area contributed by atoms with E-state index in [0.29, 0.717) is 11.0 Å². The predicted molar refractivity (Wildman–Crippen MR) is 145 cm³/mol. The van der Waals surface area contributed by atoms with E-state index in [1.54, 1.807) is 37.0 Å². The van der Waals surface area contributed by atoms with Crippen LogP contribution in [0.4, 0.5) is 16.8 Å². The summed E-state index contributed by atoms with van der Waals surface area (Å²) in [7, 11) is 3.55. The average Bonchev–Trinajstić information content (AvgIpc) is 3.33. The third-order valence-corrected chi connectivity index (χ3v) is 9.62. The Labute approximate surface area is 230 Å². The van der Waals surface area contributed by atoms with E-state index in [0.717, 1.165) is 17.2 Å². The molecule has 2 aromatic rings. The van der Waals surface area contributed by atoms with Crippen LogP contribution in [-0.4, -0.2) is 86.6 Å². The van der Waals surface area contributed by atoms with Crippen LogP contribution in [0.5, 0.6) is 0 Å². The first kappa shape index (κ1) is 27.7. The monoisotopic (exact) mass is 582 g/mol. The molecule has 2 aliphatic heterocycles. The molecule has 0 aromatic carbocycles. The Bertz CT molecular complexity index is 1290. The van der Waals surface area contributed by atoms with Gasteiger partial charge in [0.2, 0.25) is 17.5 Å². The standard InChI is InChI=1S/C21H27N9O5S3/c1-4-35-28-13(10-6-36-19(23)25-10)15(31)27-14-16(32)30-7-21(18(33)34,8-37-17(14)30)9-38-20-26-11(22)5-12(24-2)29(20)3/h5-6,14,17H,4,7-9H2,1-3H3,(H6,22,23,24,25,27,31,33,34)/p+1/t14?,17-,21?/m1/s1. The topological polar surface area (TPSA) is 202 Å². The molecule has 0 saturated carbocycles. The second kappa shape index (κ2) is 11.2. The van der Waals surface area contributed by atoms with Gasteiger partial charge in [-0.1, -0.05) is 21.9 Å². The van der Waals surface area contributed by atoms with E-state index in [9.17, 15) is 19.5 Å². The molecule has 2 aromatic heterocycles. The van der Waals surface area contributed by atoms with Gasteiger partial charge in [-0.05, 0) is 6.92 Å². The number of β-lactam (4-membered cyclic amide) rings is 1. The van der Waals surface area contributed by atoms with E-state index in [1.807, 2.05) is 0 Å². The van der Waals surface area contributed by atoms with Gasteiger partial charge in [-0.15, -0.1) is 23.1 Å². The molecule has 4 rings (SSSR count). The number of carboxylic acids is 1. The number of nitrogen functional groups attached to an aromatic ring is 2. The SMILES string of the molecule is CCON=C(C(=O)NC1C(=O)N2CC(CSc3nc(N)cc(NC)[n+]3C)(C(=O)O)CS[C@H]12)c1csc(N)n1. The first-order valence-electron chi connectivity index (χ1n) is 11.4. The molecule has 0 radical (unpaired) electrons. The first-order valence-corrected chi connectivity index (χ1v) is 14.4. The van der Waals surface area contributed by atoms with Crippen molar-refractivity contribution in [3.05, 3.63) is 17.1 Å². The lowest BCUT2D eigenvalue weighted by Crippen LogP contribution is -2.74. The summed E-state index contributed by atoms with van der Waals surface area (Å²) >= 11 is 3.72. The van der Waals surface area contributed by atoms with Crippen LogP contribution in [0.1, 0.15) is 12.6 Å². The number of anilines is 3. The molecule has 204 valence electrons. The number of thiazole rings is 1. The van der Waals surface area contributed by atoms with Gasteiger partial charge in [0.15, 0.2) is 10.8 Å². The van der Waals surface area contributed by atoms with Gasteiger partial charge in [0, 0.05) is 30.5 Å². The summed E-state index contributed by atoms with van der Waals surface area (Å²) in [4.78, 5) is 53.4. The molecule has 2 fully saturated rings. The highest BCUT2D eigenvalue weighted by molar-refractivity contribution is 8.00. The third kappa shape index (κ3) is 5.30.